The van der Waals surface area contributed by atoms with Gasteiger partial charge in [-0.1, -0.05) is 18.0 Å². The molecular formula is C17H25ClN2O2. The highest BCUT2D eigenvalue weighted by Gasteiger charge is 2.34. The van der Waals surface area contributed by atoms with Crippen molar-refractivity contribution in [2.45, 2.75) is 31.3 Å². The zero-order valence-corrected chi connectivity index (χ0v) is 13.6. The maximum atomic E-state index is 5.86. The number of ether oxygens (including phenoxy) is 2. The summed E-state index contributed by atoms with van der Waals surface area (Å²) < 4.78 is 11.4. The van der Waals surface area contributed by atoms with Crippen LogP contribution in [0.4, 0.5) is 0 Å². The summed E-state index contributed by atoms with van der Waals surface area (Å²) in [6.45, 7) is 4.23. The minimum Gasteiger partial charge on any atom is -0.492 e. The minimum atomic E-state index is 0.505. The molecule has 122 valence electrons. The van der Waals surface area contributed by atoms with E-state index in [4.69, 9.17) is 21.1 Å². The molecule has 3 rings (SSSR count). The van der Waals surface area contributed by atoms with E-state index in [1.54, 1.807) is 0 Å². The van der Waals surface area contributed by atoms with Crippen LogP contribution in [0.15, 0.2) is 24.3 Å². The average molecular weight is 325 g/mol. The van der Waals surface area contributed by atoms with Crippen molar-refractivity contribution in [3.05, 3.63) is 29.3 Å². The van der Waals surface area contributed by atoms with Gasteiger partial charge in [0.25, 0.3) is 0 Å². The smallest absolute Gasteiger partial charge is 0.119 e. The maximum Gasteiger partial charge on any atom is 0.119 e. The molecule has 0 spiro atoms. The van der Waals surface area contributed by atoms with Crippen molar-refractivity contribution >= 4 is 11.6 Å². The molecule has 1 aliphatic carbocycles. The Labute approximate surface area is 137 Å². The van der Waals surface area contributed by atoms with E-state index in [1.165, 1.54) is 19.3 Å². The largest absolute Gasteiger partial charge is 0.492 e. The second-order valence-electron chi connectivity index (χ2n) is 6.09. The van der Waals surface area contributed by atoms with Gasteiger partial charge in [0, 0.05) is 30.2 Å². The van der Waals surface area contributed by atoms with Crippen LogP contribution in [0.5, 0.6) is 5.75 Å². The van der Waals surface area contributed by atoms with Crippen LogP contribution in [0, 0.1) is 5.92 Å². The summed E-state index contributed by atoms with van der Waals surface area (Å²) in [7, 11) is 0. The van der Waals surface area contributed by atoms with Gasteiger partial charge in [0.1, 0.15) is 12.4 Å². The van der Waals surface area contributed by atoms with Crippen molar-refractivity contribution in [2.75, 3.05) is 32.9 Å². The average Bonchev–Trinajstić information content (AvgIpc) is 3.02. The van der Waals surface area contributed by atoms with Crippen molar-refractivity contribution in [3.63, 3.8) is 0 Å². The number of hydrogen-bond donors (Lipinski definition) is 2. The molecule has 22 heavy (non-hydrogen) atoms. The lowest BCUT2D eigenvalue weighted by Crippen LogP contribution is -2.51. The number of nitrogens with one attached hydrogen (secondary N) is 2. The van der Waals surface area contributed by atoms with Gasteiger partial charge in [0.05, 0.1) is 13.2 Å². The van der Waals surface area contributed by atoms with Gasteiger partial charge in [0.15, 0.2) is 0 Å². The SMILES string of the molecule is Clc1ccc(OCCNC2CCCC2C2COCCN2)cc1. The van der Waals surface area contributed by atoms with E-state index in [-0.39, 0.29) is 0 Å². The first-order valence-corrected chi connectivity index (χ1v) is 8.63. The summed E-state index contributed by atoms with van der Waals surface area (Å²) in [5.74, 6) is 1.55. The number of hydrogen-bond acceptors (Lipinski definition) is 4. The highest BCUT2D eigenvalue weighted by molar-refractivity contribution is 6.30. The molecule has 2 fully saturated rings. The maximum absolute atomic E-state index is 5.86. The lowest BCUT2D eigenvalue weighted by molar-refractivity contribution is 0.0523. The van der Waals surface area contributed by atoms with Crippen LogP contribution in [0.1, 0.15) is 19.3 Å². The molecule has 3 unspecified atom stereocenters. The number of morpholine rings is 1. The molecule has 0 bridgehead atoms. The number of rotatable bonds is 6. The predicted molar refractivity (Wildman–Crippen MR) is 88.7 cm³/mol. The summed E-state index contributed by atoms with van der Waals surface area (Å²) >= 11 is 5.86. The lowest BCUT2D eigenvalue weighted by Gasteiger charge is -2.33. The molecule has 1 saturated heterocycles. The second kappa shape index (κ2) is 8.16. The zero-order valence-electron chi connectivity index (χ0n) is 12.9. The quantitative estimate of drug-likeness (QED) is 0.789. The molecule has 0 radical (unpaired) electrons. The molecule has 4 nitrogen and oxygen atoms in total. The van der Waals surface area contributed by atoms with Crippen molar-refractivity contribution in [1.29, 1.82) is 0 Å². The van der Waals surface area contributed by atoms with Crippen molar-refractivity contribution in [1.82, 2.24) is 10.6 Å². The van der Waals surface area contributed by atoms with Gasteiger partial charge < -0.3 is 20.1 Å². The van der Waals surface area contributed by atoms with Crippen LogP contribution in [0.3, 0.4) is 0 Å². The van der Waals surface area contributed by atoms with Crippen molar-refractivity contribution < 1.29 is 9.47 Å². The van der Waals surface area contributed by atoms with Gasteiger partial charge in [-0.3, -0.25) is 0 Å². The standard InChI is InChI=1S/C17H25ClN2O2/c18-13-4-6-14(7-5-13)22-11-9-19-16-3-1-2-15(16)17-12-21-10-8-20-17/h4-7,15-17,19-20H,1-3,8-12H2. The first kappa shape index (κ1) is 16.1. The Morgan fingerprint density at radius 3 is 2.91 bits per heavy atom. The first-order chi connectivity index (χ1) is 10.8. The minimum absolute atomic E-state index is 0.505. The van der Waals surface area contributed by atoms with Crippen molar-refractivity contribution in [2.24, 2.45) is 5.92 Å². The predicted octanol–water partition coefficient (Wildman–Crippen LogP) is 2.47. The van der Waals surface area contributed by atoms with Gasteiger partial charge in [-0.2, -0.15) is 0 Å². The molecule has 3 atom stereocenters. The van der Waals surface area contributed by atoms with E-state index in [2.05, 4.69) is 10.6 Å². The molecule has 1 saturated carbocycles. The molecule has 1 aliphatic heterocycles. The molecule has 1 aromatic carbocycles. The van der Waals surface area contributed by atoms with Crippen LogP contribution in [-0.2, 0) is 4.74 Å². The van der Waals surface area contributed by atoms with E-state index >= 15 is 0 Å². The molecule has 2 N–H and O–H groups in total. The lowest BCUT2D eigenvalue weighted by atomic mass is 9.94. The summed E-state index contributed by atoms with van der Waals surface area (Å²) in [5, 5.41) is 8.01. The Morgan fingerprint density at radius 2 is 2.14 bits per heavy atom. The van der Waals surface area contributed by atoms with Crippen LogP contribution in [-0.4, -0.2) is 45.0 Å². The van der Waals surface area contributed by atoms with Crippen LogP contribution in [0.25, 0.3) is 0 Å². The van der Waals surface area contributed by atoms with Gasteiger partial charge in [-0.05, 0) is 43.0 Å². The Bertz CT molecular complexity index is 448. The third kappa shape index (κ3) is 4.35. The highest BCUT2D eigenvalue weighted by atomic mass is 35.5. The zero-order chi connectivity index (χ0) is 15.2. The summed E-state index contributed by atoms with van der Waals surface area (Å²) in [6, 6.07) is 8.60. The fourth-order valence-corrected chi connectivity index (χ4v) is 3.65. The molecule has 2 aliphatic rings. The Morgan fingerprint density at radius 1 is 1.27 bits per heavy atom. The van der Waals surface area contributed by atoms with Crippen molar-refractivity contribution in [3.8, 4) is 5.75 Å². The van der Waals surface area contributed by atoms with E-state index in [1.807, 2.05) is 24.3 Å². The summed E-state index contributed by atoms with van der Waals surface area (Å²) in [4.78, 5) is 0. The monoisotopic (exact) mass is 324 g/mol. The summed E-state index contributed by atoms with van der Waals surface area (Å²) in [5.41, 5.74) is 0. The molecule has 0 aromatic heterocycles. The highest BCUT2D eigenvalue weighted by Crippen LogP contribution is 2.29. The van der Waals surface area contributed by atoms with Gasteiger partial charge in [0.2, 0.25) is 0 Å². The van der Waals surface area contributed by atoms with E-state index < -0.39 is 0 Å². The second-order valence-corrected chi connectivity index (χ2v) is 6.53. The van der Waals surface area contributed by atoms with Crippen LogP contribution >= 0.6 is 11.6 Å². The van der Waals surface area contributed by atoms with Crippen LogP contribution < -0.4 is 15.4 Å². The Hall–Kier alpha value is -0.810. The first-order valence-electron chi connectivity index (χ1n) is 8.26. The van der Waals surface area contributed by atoms with Crippen LogP contribution in [0.2, 0.25) is 5.02 Å². The molecular weight excluding hydrogens is 300 g/mol. The van der Waals surface area contributed by atoms with E-state index in [0.29, 0.717) is 24.6 Å². The normalized spacial score (nSPS) is 28.7. The van der Waals surface area contributed by atoms with E-state index in [0.717, 1.165) is 37.1 Å². The molecule has 1 aromatic rings. The summed E-state index contributed by atoms with van der Waals surface area (Å²) in [6.07, 6.45) is 3.85. The Balaban J connectivity index is 1.39. The van der Waals surface area contributed by atoms with Gasteiger partial charge >= 0.3 is 0 Å². The number of halogens is 1. The third-order valence-electron chi connectivity index (χ3n) is 4.63. The topological polar surface area (TPSA) is 42.5 Å². The number of benzene rings is 1. The van der Waals surface area contributed by atoms with Gasteiger partial charge in [-0.15, -0.1) is 0 Å². The fraction of sp³-hybridized carbons (Fsp3) is 0.647. The molecule has 0 amide bonds. The Kier molecular flexibility index (Phi) is 5.96. The third-order valence-corrected chi connectivity index (χ3v) is 4.88. The fourth-order valence-electron chi connectivity index (χ4n) is 3.53. The molecule has 1 heterocycles. The molecule has 5 heteroatoms. The van der Waals surface area contributed by atoms with E-state index in [9.17, 15) is 0 Å². The van der Waals surface area contributed by atoms with Gasteiger partial charge in [-0.25, -0.2) is 0 Å².